The topological polar surface area (TPSA) is 3.24 Å². The Morgan fingerprint density at radius 3 is 2.44 bits per heavy atom. The molecule has 0 saturated heterocycles. The molecule has 18 heavy (non-hydrogen) atoms. The second-order valence-corrected chi connectivity index (χ2v) is 5.81. The Bertz CT molecular complexity index is 360. The molecule has 0 saturated carbocycles. The lowest BCUT2D eigenvalue weighted by atomic mass is 10.1. The van der Waals surface area contributed by atoms with Crippen molar-refractivity contribution in [2.45, 2.75) is 58.3 Å². The molecule has 0 N–H and O–H groups in total. The Balaban J connectivity index is 2.84. The van der Waals surface area contributed by atoms with E-state index in [-0.39, 0.29) is 0 Å². The average Bonchev–Trinajstić information content (AvgIpc) is 2.35. The molecular weight excluding hydrogens is 286 g/mol. The van der Waals surface area contributed by atoms with Crippen molar-refractivity contribution in [2.24, 2.45) is 0 Å². The van der Waals surface area contributed by atoms with Crippen molar-refractivity contribution in [3.8, 4) is 0 Å². The van der Waals surface area contributed by atoms with Gasteiger partial charge in [-0.25, -0.2) is 0 Å². The van der Waals surface area contributed by atoms with Crippen LogP contribution in [0.1, 0.15) is 51.2 Å². The summed E-state index contributed by atoms with van der Waals surface area (Å²) in [6.07, 6.45) is 3.89. The van der Waals surface area contributed by atoms with E-state index in [4.69, 9.17) is 0 Å². The highest BCUT2D eigenvalue weighted by molar-refractivity contribution is 9.08. The number of nitrogens with zero attached hydrogens (tertiary/aromatic N) is 1. The summed E-state index contributed by atoms with van der Waals surface area (Å²) in [6.45, 7) is 10.2. The van der Waals surface area contributed by atoms with Crippen LogP contribution >= 0.6 is 15.9 Å². The van der Waals surface area contributed by atoms with Crippen molar-refractivity contribution >= 4 is 21.6 Å². The molecule has 0 atom stereocenters. The van der Waals surface area contributed by atoms with Gasteiger partial charge in [0.2, 0.25) is 0 Å². The molecule has 1 rings (SSSR count). The number of halogens is 1. The van der Waals surface area contributed by atoms with Gasteiger partial charge in [-0.2, -0.15) is 0 Å². The maximum atomic E-state index is 3.52. The molecule has 0 aromatic heterocycles. The van der Waals surface area contributed by atoms with Gasteiger partial charge in [0.25, 0.3) is 0 Å². The average molecular weight is 312 g/mol. The van der Waals surface area contributed by atoms with E-state index >= 15 is 0 Å². The number of alkyl halides is 1. The van der Waals surface area contributed by atoms with E-state index in [0.717, 1.165) is 5.33 Å². The van der Waals surface area contributed by atoms with Gasteiger partial charge in [-0.15, -0.1) is 0 Å². The molecule has 1 aromatic carbocycles. The van der Waals surface area contributed by atoms with Crippen molar-refractivity contribution in [1.82, 2.24) is 0 Å². The Morgan fingerprint density at radius 2 is 1.94 bits per heavy atom. The van der Waals surface area contributed by atoms with E-state index in [1.165, 1.54) is 42.6 Å². The van der Waals surface area contributed by atoms with Crippen LogP contribution < -0.4 is 4.90 Å². The number of aryl methyl sites for hydroxylation is 1. The van der Waals surface area contributed by atoms with Crippen molar-refractivity contribution in [2.75, 3.05) is 11.4 Å². The monoisotopic (exact) mass is 311 g/mol. The van der Waals surface area contributed by atoms with E-state index in [1.54, 1.807) is 0 Å². The summed E-state index contributed by atoms with van der Waals surface area (Å²) in [5, 5.41) is 0.936. The third-order valence-corrected chi connectivity index (χ3v) is 4.00. The van der Waals surface area contributed by atoms with Crippen LogP contribution in [0.5, 0.6) is 0 Å². The number of anilines is 1. The highest BCUT2D eigenvalue weighted by atomic mass is 79.9. The summed E-state index contributed by atoms with van der Waals surface area (Å²) < 4.78 is 0. The van der Waals surface area contributed by atoms with Gasteiger partial charge < -0.3 is 4.90 Å². The van der Waals surface area contributed by atoms with Gasteiger partial charge >= 0.3 is 0 Å². The summed E-state index contributed by atoms with van der Waals surface area (Å²) in [5.74, 6) is 0. The number of rotatable bonds is 7. The first-order valence-corrected chi connectivity index (χ1v) is 8.14. The van der Waals surface area contributed by atoms with Gasteiger partial charge in [0.15, 0.2) is 0 Å². The molecule has 0 aliphatic carbocycles. The van der Waals surface area contributed by atoms with Gasteiger partial charge in [0, 0.05) is 23.6 Å². The third kappa shape index (κ3) is 4.31. The second-order valence-electron chi connectivity index (χ2n) is 5.25. The molecule has 1 nitrogen and oxygen atoms in total. The first-order chi connectivity index (χ1) is 8.60. The minimum Gasteiger partial charge on any atom is -0.369 e. The van der Waals surface area contributed by atoms with Gasteiger partial charge in [-0.3, -0.25) is 0 Å². The molecule has 0 radical (unpaired) electrons. The van der Waals surface area contributed by atoms with E-state index in [0.29, 0.717) is 6.04 Å². The summed E-state index contributed by atoms with van der Waals surface area (Å²) in [7, 11) is 0. The fourth-order valence-corrected chi connectivity index (χ4v) is 2.66. The lowest BCUT2D eigenvalue weighted by molar-refractivity contribution is 0.625. The number of unbranched alkanes of at least 4 members (excludes halogenated alkanes) is 2. The Kier molecular flexibility index (Phi) is 6.77. The zero-order valence-corrected chi connectivity index (χ0v) is 13.8. The number of hydrogen-bond acceptors (Lipinski definition) is 1. The zero-order chi connectivity index (χ0) is 13.5. The van der Waals surface area contributed by atoms with Crippen LogP contribution in [0.4, 0.5) is 5.69 Å². The van der Waals surface area contributed by atoms with Gasteiger partial charge in [0.1, 0.15) is 0 Å². The molecular formula is C16H26BrN. The van der Waals surface area contributed by atoms with Crippen LogP contribution in [0.15, 0.2) is 18.2 Å². The van der Waals surface area contributed by atoms with Crippen LogP contribution in [0.2, 0.25) is 0 Å². The molecule has 0 unspecified atom stereocenters. The first kappa shape index (κ1) is 15.6. The largest absolute Gasteiger partial charge is 0.369 e. The van der Waals surface area contributed by atoms with Crippen LogP contribution in [-0.4, -0.2) is 12.6 Å². The normalized spacial score (nSPS) is 11.0. The maximum absolute atomic E-state index is 3.52. The number of hydrogen-bond donors (Lipinski definition) is 0. The van der Waals surface area contributed by atoms with Crippen LogP contribution in [0.3, 0.4) is 0 Å². The van der Waals surface area contributed by atoms with Crippen LogP contribution in [0, 0.1) is 6.92 Å². The van der Waals surface area contributed by atoms with E-state index in [2.05, 4.69) is 66.7 Å². The summed E-state index contributed by atoms with van der Waals surface area (Å²) in [4.78, 5) is 2.53. The highest BCUT2D eigenvalue weighted by Crippen LogP contribution is 2.24. The molecule has 0 amide bonds. The van der Waals surface area contributed by atoms with Crippen molar-refractivity contribution in [3.63, 3.8) is 0 Å². The van der Waals surface area contributed by atoms with Gasteiger partial charge in [-0.1, -0.05) is 47.8 Å². The van der Waals surface area contributed by atoms with Crippen molar-refractivity contribution < 1.29 is 0 Å². The molecule has 0 fully saturated rings. The molecule has 0 bridgehead atoms. The van der Waals surface area contributed by atoms with Crippen molar-refractivity contribution in [1.29, 1.82) is 0 Å². The molecule has 0 aliphatic heterocycles. The highest BCUT2D eigenvalue weighted by Gasteiger charge is 2.12. The third-order valence-electron chi connectivity index (χ3n) is 3.35. The first-order valence-electron chi connectivity index (χ1n) is 7.02. The second kappa shape index (κ2) is 7.83. The fraction of sp³-hybridized carbons (Fsp3) is 0.625. The maximum Gasteiger partial charge on any atom is 0.0398 e. The van der Waals surface area contributed by atoms with E-state index in [1.807, 2.05) is 0 Å². The molecule has 0 aliphatic rings. The van der Waals surface area contributed by atoms with Gasteiger partial charge in [-0.05, 0) is 44.4 Å². The Hall–Kier alpha value is -0.500. The Morgan fingerprint density at radius 1 is 1.22 bits per heavy atom. The summed E-state index contributed by atoms with van der Waals surface area (Å²) in [5.41, 5.74) is 4.14. The Labute approximate surface area is 121 Å². The summed E-state index contributed by atoms with van der Waals surface area (Å²) >= 11 is 3.52. The minimum absolute atomic E-state index is 0.565. The predicted molar refractivity (Wildman–Crippen MR) is 85.8 cm³/mol. The molecule has 0 spiro atoms. The summed E-state index contributed by atoms with van der Waals surface area (Å²) in [6, 6.07) is 7.36. The van der Waals surface area contributed by atoms with Crippen LogP contribution in [0.25, 0.3) is 0 Å². The minimum atomic E-state index is 0.565. The lowest BCUT2D eigenvalue weighted by Gasteiger charge is -2.30. The number of benzene rings is 1. The van der Waals surface area contributed by atoms with Crippen LogP contribution in [-0.2, 0) is 5.33 Å². The SMILES string of the molecule is CCCCCN(c1ccc(CBr)cc1C)C(C)C. The smallest absolute Gasteiger partial charge is 0.0398 e. The predicted octanol–water partition coefficient (Wildman–Crippen LogP) is 5.29. The lowest BCUT2D eigenvalue weighted by Crippen LogP contribution is -2.32. The molecule has 1 aromatic rings. The quantitative estimate of drug-likeness (QED) is 0.488. The van der Waals surface area contributed by atoms with Gasteiger partial charge in [0.05, 0.1) is 0 Å². The molecule has 0 heterocycles. The van der Waals surface area contributed by atoms with E-state index < -0.39 is 0 Å². The molecule has 2 heteroatoms. The standard InChI is InChI=1S/C16H26BrN/c1-5-6-7-10-18(13(2)3)16-9-8-15(12-17)11-14(16)4/h8-9,11,13H,5-7,10,12H2,1-4H3. The molecule has 102 valence electrons. The van der Waals surface area contributed by atoms with Crippen molar-refractivity contribution in [3.05, 3.63) is 29.3 Å². The van der Waals surface area contributed by atoms with E-state index in [9.17, 15) is 0 Å². The zero-order valence-electron chi connectivity index (χ0n) is 12.2. The fourth-order valence-electron chi connectivity index (χ4n) is 2.31.